The summed E-state index contributed by atoms with van der Waals surface area (Å²) < 4.78 is 0. The van der Waals surface area contributed by atoms with Crippen LogP contribution in [0, 0.1) is 18.3 Å². The van der Waals surface area contributed by atoms with Gasteiger partial charge in [0.1, 0.15) is 0 Å². The van der Waals surface area contributed by atoms with E-state index in [2.05, 4.69) is 33.8 Å². The minimum atomic E-state index is 0.555. The van der Waals surface area contributed by atoms with Crippen LogP contribution in [0.15, 0.2) is 18.5 Å². The van der Waals surface area contributed by atoms with E-state index in [-0.39, 0.29) is 0 Å². The number of hydrogen-bond acceptors (Lipinski definition) is 4. The summed E-state index contributed by atoms with van der Waals surface area (Å²) in [5, 5.41) is 8.64. The molecule has 0 aromatic carbocycles. The Hall–Kier alpha value is -1.44. The van der Waals surface area contributed by atoms with Gasteiger partial charge in [-0.3, -0.25) is 14.8 Å². The van der Waals surface area contributed by atoms with Gasteiger partial charge in [0.25, 0.3) is 0 Å². The summed E-state index contributed by atoms with van der Waals surface area (Å²) in [5.41, 5.74) is 2.49. The van der Waals surface area contributed by atoms with Gasteiger partial charge in [0.15, 0.2) is 0 Å². The summed E-state index contributed by atoms with van der Waals surface area (Å²) >= 11 is 0. The zero-order valence-corrected chi connectivity index (χ0v) is 10.3. The topological polar surface area (TPSA) is 43.2 Å². The SMILES string of the molecule is Cc1cncc(CN2CCN(CC#N)CC2)c1. The number of aromatic nitrogens is 1. The minimum Gasteiger partial charge on any atom is -0.296 e. The largest absolute Gasteiger partial charge is 0.296 e. The van der Waals surface area contributed by atoms with E-state index in [0.29, 0.717) is 6.54 Å². The summed E-state index contributed by atoms with van der Waals surface area (Å²) in [6.07, 6.45) is 3.82. The van der Waals surface area contributed by atoms with E-state index in [1.54, 1.807) is 0 Å². The lowest BCUT2D eigenvalue weighted by Crippen LogP contribution is -2.45. The first-order valence-electron chi connectivity index (χ1n) is 6.00. The number of piperazine rings is 1. The van der Waals surface area contributed by atoms with Crippen LogP contribution in [0.25, 0.3) is 0 Å². The Morgan fingerprint density at radius 1 is 1.24 bits per heavy atom. The van der Waals surface area contributed by atoms with Crippen LogP contribution in [0.4, 0.5) is 0 Å². The molecule has 1 aromatic heterocycles. The van der Waals surface area contributed by atoms with Crippen LogP contribution in [0.2, 0.25) is 0 Å². The van der Waals surface area contributed by atoms with Gasteiger partial charge in [-0.2, -0.15) is 5.26 Å². The van der Waals surface area contributed by atoms with Gasteiger partial charge in [-0.1, -0.05) is 6.07 Å². The highest BCUT2D eigenvalue weighted by atomic mass is 15.3. The molecule has 90 valence electrons. The van der Waals surface area contributed by atoms with Crippen molar-refractivity contribution in [1.29, 1.82) is 5.26 Å². The van der Waals surface area contributed by atoms with Gasteiger partial charge in [-0.25, -0.2) is 0 Å². The Morgan fingerprint density at radius 2 is 1.94 bits per heavy atom. The molecule has 1 fully saturated rings. The number of pyridine rings is 1. The van der Waals surface area contributed by atoms with Crippen LogP contribution in [0.3, 0.4) is 0 Å². The van der Waals surface area contributed by atoms with E-state index >= 15 is 0 Å². The maximum absolute atomic E-state index is 8.64. The number of hydrogen-bond donors (Lipinski definition) is 0. The Balaban J connectivity index is 1.84. The minimum absolute atomic E-state index is 0.555. The summed E-state index contributed by atoms with van der Waals surface area (Å²) in [4.78, 5) is 8.83. The van der Waals surface area contributed by atoms with E-state index in [1.165, 1.54) is 11.1 Å². The van der Waals surface area contributed by atoms with Crippen LogP contribution in [0.1, 0.15) is 11.1 Å². The second-order valence-electron chi connectivity index (χ2n) is 4.58. The van der Waals surface area contributed by atoms with Gasteiger partial charge < -0.3 is 0 Å². The molecule has 0 atom stereocenters. The second kappa shape index (κ2) is 5.76. The average Bonchev–Trinajstić information content (AvgIpc) is 2.32. The fourth-order valence-corrected chi connectivity index (χ4v) is 2.17. The summed E-state index contributed by atoms with van der Waals surface area (Å²) in [7, 11) is 0. The van der Waals surface area contributed by atoms with Crippen molar-refractivity contribution in [2.24, 2.45) is 0 Å². The highest BCUT2D eigenvalue weighted by Crippen LogP contribution is 2.08. The molecule has 4 heteroatoms. The van der Waals surface area contributed by atoms with Crippen molar-refractivity contribution in [3.8, 4) is 6.07 Å². The molecule has 0 N–H and O–H groups in total. The first-order chi connectivity index (χ1) is 8.28. The lowest BCUT2D eigenvalue weighted by Gasteiger charge is -2.33. The van der Waals surface area contributed by atoms with Crippen LogP contribution < -0.4 is 0 Å². The second-order valence-corrected chi connectivity index (χ2v) is 4.58. The van der Waals surface area contributed by atoms with Gasteiger partial charge in [-0.15, -0.1) is 0 Å². The molecule has 0 saturated carbocycles. The fraction of sp³-hybridized carbons (Fsp3) is 0.538. The third-order valence-electron chi connectivity index (χ3n) is 3.10. The van der Waals surface area contributed by atoms with E-state index in [4.69, 9.17) is 5.26 Å². The normalized spacial score (nSPS) is 17.9. The lowest BCUT2D eigenvalue weighted by molar-refractivity contribution is 0.138. The molecule has 0 spiro atoms. The molecule has 0 bridgehead atoms. The van der Waals surface area contributed by atoms with E-state index in [9.17, 15) is 0 Å². The first kappa shape index (κ1) is 12.0. The molecule has 0 radical (unpaired) electrons. The molecule has 2 rings (SSSR count). The first-order valence-corrected chi connectivity index (χ1v) is 6.00. The molecule has 0 amide bonds. The predicted octanol–water partition coefficient (Wildman–Crippen LogP) is 1.03. The zero-order valence-electron chi connectivity index (χ0n) is 10.3. The zero-order chi connectivity index (χ0) is 12.1. The third-order valence-corrected chi connectivity index (χ3v) is 3.10. The Bertz CT molecular complexity index is 402. The molecule has 1 aliphatic heterocycles. The van der Waals surface area contributed by atoms with Crippen molar-refractivity contribution in [2.75, 3.05) is 32.7 Å². The Morgan fingerprint density at radius 3 is 2.59 bits per heavy atom. The van der Waals surface area contributed by atoms with Crippen molar-refractivity contribution in [2.45, 2.75) is 13.5 Å². The highest BCUT2D eigenvalue weighted by Gasteiger charge is 2.16. The Labute approximate surface area is 102 Å². The number of nitrogens with zero attached hydrogens (tertiary/aromatic N) is 4. The van der Waals surface area contributed by atoms with Gasteiger partial charge in [0.2, 0.25) is 0 Å². The van der Waals surface area contributed by atoms with Gasteiger partial charge >= 0.3 is 0 Å². The molecule has 2 heterocycles. The molecule has 17 heavy (non-hydrogen) atoms. The number of aryl methyl sites for hydroxylation is 1. The third kappa shape index (κ3) is 3.52. The molecule has 4 nitrogen and oxygen atoms in total. The maximum atomic E-state index is 8.64. The number of nitriles is 1. The number of rotatable bonds is 3. The van der Waals surface area contributed by atoms with Crippen LogP contribution >= 0.6 is 0 Å². The van der Waals surface area contributed by atoms with E-state index in [0.717, 1.165) is 32.7 Å². The molecule has 1 aliphatic rings. The molecular formula is C13H18N4. The predicted molar refractivity (Wildman–Crippen MR) is 66.3 cm³/mol. The van der Waals surface area contributed by atoms with Crippen LogP contribution in [0.5, 0.6) is 0 Å². The molecule has 0 aliphatic carbocycles. The van der Waals surface area contributed by atoms with Gasteiger partial charge in [0, 0.05) is 45.1 Å². The standard InChI is InChI=1S/C13H18N4/c1-12-8-13(10-15-9-12)11-17-6-4-16(3-2-14)5-7-17/h8-10H,3-7,11H2,1H3. The van der Waals surface area contributed by atoms with Crippen LogP contribution in [-0.4, -0.2) is 47.5 Å². The van der Waals surface area contributed by atoms with Crippen molar-refractivity contribution >= 4 is 0 Å². The smallest absolute Gasteiger partial charge is 0.0866 e. The summed E-state index contributed by atoms with van der Waals surface area (Å²) in [6.45, 7) is 7.65. The van der Waals surface area contributed by atoms with Crippen molar-refractivity contribution in [3.63, 3.8) is 0 Å². The van der Waals surface area contributed by atoms with Gasteiger partial charge in [0.05, 0.1) is 12.6 Å². The maximum Gasteiger partial charge on any atom is 0.0866 e. The fourth-order valence-electron chi connectivity index (χ4n) is 2.17. The van der Waals surface area contributed by atoms with Crippen LogP contribution in [-0.2, 0) is 6.54 Å². The molecule has 1 aromatic rings. The molecule has 0 unspecified atom stereocenters. The van der Waals surface area contributed by atoms with Crippen molar-refractivity contribution in [3.05, 3.63) is 29.6 Å². The highest BCUT2D eigenvalue weighted by molar-refractivity contribution is 5.16. The quantitative estimate of drug-likeness (QED) is 0.727. The summed E-state index contributed by atoms with van der Waals surface area (Å²) in [6, 6.07) is 4.40. The molecular weight excluding hydrogens is 212 g/mol. The Kier molecular flexibility index (Phi) is 4.08. The van der Waals surface area contributed by atoms with Crippen molar-refractivity contribution < 1.29 is 0 Å². The average molecular weight is 230 g/mol. The monoisotopic (exact) mass is 230 g/mol. The molecule has 1 saturated heterocycles. The lowest BCUT2D eigenvalue weighted by atomic mass is 10.2. The summed E-state index contributed by atoms with van der Waals surface area (Å²) in [5.74, 6) is 0. The van der Waals surface area contributed by atoms with E-state index < -0.39 is 0 Å². The van der Waals surface area contributed by atoms with E-state index in [1.807, 2.05) is 12.4 Å². The van der Waals surface area contributed by atoms with Gasteiger partial charge in [-0.05, 0) is 18.1 Å². The van der Waals surface area contributed by atoms with Crippen molar-refractivity contribution in [1.82, 2.24) is 14.8 Å².